The van der Waals surface area contributed by atoms with Gasteiger partial charge in [-0.2, -0.15) is 0 Å². The molecule has 0 spiro atoms. The number of rotatable bonds is 11. The van der Waals surface area contributed by atoms with Crippen molar-refractivity contribution in [2.75, 3.05) is 60.7 Å². The zero-order valence-electron chi connectivity index (χ0n) is 23.1. The number of likely N-dealkylation sites (tertiary alicyclic amines) is 1. The van der Waals surface area contributed by atoms with Gasteiger partial charge in [0.15, 0.2) is 23.0 Å². The number of ether oxygens (including phenoxy) is 5. The maximum absolute atomic E-state index is 13.5. The average molecular weight is 541 g/mol. The van der Waals surface area contributed by atoms with E-state index in [0.717, 1.165) is 19.6 Å². The van der Waals surface area contributed by atoms with Crippen molar-refractivity contribution in [1.82, 2.24) is 9.80 Å². The fraction of sp³-hybridized carbons (Fsp3) is 0.448. The maximum atomic E-state index is 13.5. The smallest absolute Gasteiger partial charge is 0.295 e. The molecule has 2 heterocycles. The van der Waals surface area contributed by atoms with Crippen molar-refractivity contribution >= 4 is 17.4 Å². The molecule has 39 heavy (non-hydrogen) atoms. The summed E-state index contributed by atoms with van der Waals surface area (Å²) in [6.07, 6.45) is 0.652. The number of hydrogen-bond acceptors (Lipinski definition) is 9. The number of Topliss-reactive ketones (excluding diaryl/α,β-unsaturated/α-hetero) is 1. The molecule has 0 unspecified atom stereocenters. The maximum Gasteiger partial charge on any atom is 0.295 e. The Kier molecular flexibility index (Phi) is 8.86. The third kappa shape index (κ3) is 5.47. The Morgan fingerprint density at radius 3 is 2.21 bits per heavy atom. The van der Waals surface area contributed by atoms with Gasteiger partial charge in [0.2, 0.25) is 5.75 Å². The highest BCUT2D eigenvalue weighted by atomic mass is 16.6. The van der Waals surface area contributed by atoms with Gasteiger partial charge in [-0.25, -0.2) is 0 Å². The van der Waals surface area contributed by atoms with Crippen LogP contribution in [0.4, 0.5) is 0 Å². The van der Waals surface area contributed by atoms with E-state index >= 15 is 0 Å². The summed E-state index contributed by atoms with van der Waals surface area (Å²) in [7, 11) is 4.50. The summed E-state index contributed by atoms with van der Waals surface area (Å²) < 4.78 is 27.8. The molecule has 2 aliphatic rings. The molecule has 10 nitrogen and oxygen atoms in total. The SMILES string of the molecule is CCN(CC)CCCN1C(=O)C(=O)/C(=C(/O)c2ccc3c(c2)OCCO3)[C@@H]1c1cc(OC)c(OC)c(OC)c1. The fourth-order valence-electron chi connectivity index (χ4n) is 5.07. The third-order valence-electron chi connectivity index (χ3n) is 7.13. The molecule has 2 aromatic rings. The predicted octanol–water partition coefficient (Wildman–Crippen LogP) is 3.64. The van der Waals surface area contributed by atoms with Crippen molar-refractivity contribution in [2.45, 2.75) is 26.3 Å². The van der Waals surface area contributed by atoms with E-state index in [1.807, 2.05) is 0 Å². The van der Waals surface area contributed by atoms with Crippen LogP contribution in [0.1, 0.15) is 37.4 Å². The van der Waals surface area contributed by atoms with Crippen molar-refractivity contribution in [3.8, 4) is 28.7 Å². The van der Waals surface area contributed by atoms with Gasteiger partial charge in [0.25, 0.3) is 11.7 Å². The Morgan fingerprint density at radius 2 is 1.62 bits per heavy atom. The van der Waals surface area contributed by atoms with Crippen LogP contribution in [-0.2, 0) is 9.59 Å². The number of carbonyl (C=O) groups excluding carboxylic acids is 2. The molecule has 1 amide bonds. The van der Waals surface area contributed by atoms with Crippen molar-refractivity contribution in [3.63, 3.8) is 0 Å². The Hall–Kier alpha value is -3.92. The second-order valence-electron chi connectivity index (χ2n) is 9.19. The largest absolute Gasteiger partial charge is 0.507 e. The van der Waals surface area contributed by atoms with Gasteiger partial charge in [0, 0.05) is 12.1 Å². The molecule has 0 bridgehead atoms. The van der Waals surface area contributed by atoms with Crippen LogP contribution in [0.3, 0.4) is 0 Å². The minimum absolute atomic E-state index is 0.0196. The van der Waals surface area contributed by atoms with Crippen molar-refractivity contribution in [2.24, 2.45) is 0 Å². The number of ketones is 1. The number of amides is 1. The van der Waals surface area contributed by atoms with Crippen LogP contribution in [-0.4, -0.2) is 87.3 Å². The number of fused-ring (bicyclic) bond motifs is 1. The van der Waals surface area contributed by atoms with Gasteiger partial charge in [-0.05, 0) is 62.0 Å². The van der Waals surface area contributed by atoms with Gasteiger partial charge in [-0.1, -0.05) is 13.8 Å². The Balaban J connectivity index is 1.83. The van der Waals surface area contributed by atoms with E-state index in [4.69, 9.17) is 23.7 Å². The lowest BCUT2D eigenvalue weighted by Gasteiger charge is -2.27. The van der Waals surface area contributed by atoms with E-state index in [1.165, 1.54) is 26.2 Å². The van der Waals surface area contributed by atoms with E-state index in [0.29, 0.717) is 66.1 Å². The first-order chi connectivity index (χ1) is 18.9. The van der Waals surface area contributed by atoms with Gasteiger partial charge in [0.1, 0.15) is 19.0 Å². The number of nitrogens with zero attached hydrogens (tertiary/aromatic N) is 2. The molecule has 0 aliphatic carbocycles. The van der Waals surface area contributed by atoms with E-state index in [-0.39, 0.29) is 11.3 Å². The predicted molar refractivity (Wildman–Crippen MR) is 145 cm³/mol. The molecule has 0 aromatic heterocycles. The van der Waals surface area contributed by atoms with Gasteiger partial charge in [-0.15, -0.1) is 0 Å². The molecule has 2 aromatic carbocycles. The molecule has 10 heteroatoms. The first-order valence-corrected chi connectivity index (χ1v) is 13.1. The van der Waals surface area contributed by atoms with Crippen LogP contribution in [0.25, 0.3) is 5.76 Å². The first kappa shape index (κ1) is 28.1. The zero-order valence-corrected chi connectivity index (χ0v) is 23.1. The second-order valence-corrected chi connectivity index (χ2v) is 9.19. The van der Waals surface area contributed by atoms with Gasteiger partial charge >= 0.3 is 0 Å². The Bertz CT molecular complexity index is 1230. The van der Waals surface area contributed by atoms with E-state index in [1.54, 1.807) is 30.3 Å². The first-order valence-electron chi connectivity index (χ1n) is 13.1. The zero-order chi connectivity index (χ0) is 28.1. The minimum atomic E-state index is -0.872. The lowest BCUT2D eigenvalue weighted by atomic mass is 9.94. The van der Waals surface area contributed by atoms with E-state index in [2.05, 4.69) is 18.7 Å². The normalized spacial score (nSPS) is 18.0. The van der Waals surface area contributed by atoms with E-state index in [9.17, 15) is 14.7 Å². The molecule has 1 saturated heterocycles. The fourth-order valence-corrected chi connectivity index (χ4v) is 5.07. The molecule has 0 radical (unpaired) electrons. The molecule has 4 rings (SSSR count). The van der Waals surface area contributed by atoms with Crippen LogP contribution in [0.2, 0.25) is 0 Å². The summed E-state index contributed by atoms with van der Waals surface area (Å²) in [4.78, 5) is 30.6. The van der Waals surface area contributed by atoms with Crippen molar-refractivity contribution in [1.29, 1.82) is 0 Å². The number of benzene rings is 2. The molecular formula is C29H36N2O8. The number of hydrogen-bond donors (Lipinski definition) is 1. The third-order valence-corrected chi connectivity index (χ3v) is 7.13. The number of carbonyl (C=O) groups is 2. The van der Waals surface area contributed by atoms with Crippen molar-refractivity contribution < 1.29 is 38.4 Å². The number of aliphatic hydroxyl groups is 1. The van der Waals surface area contributed by atoms with Gasteiger partial charge in [-0.3, -0.25) is 9.59 Å². The lowest BCUT2D eigenvalue weighted by Crippen LogP contribution is -2.33. The molecule has 1 atom stereocenters. The molecule has 2 aliphatic heterocycles. The lowest BCUT2D eigenvalue weighted by molar-refractivity contribution is -0.140. The minimum Gasteiger partial charge on any atom is -0.507 e. The average Bonchev–Trinajstić information content (AvgIpc) is 3.22. The molecule has 210 valence electrons. The summed E-state index contributed by atoms with van der Waals surface area (Å²) in [5.74, 6) is 0.416. The summed E-state index contributed by atoms with van der Waals surface area (Å²) >= 11 is 0. The second kappa shape index (κ2) is 12.3. The quantitative estimate of drug-likeness (QED) is 0.260. The summed E-state index contributed by atoms with van der Waals surface area (Å²) in [6.45, 7) is 7.82. The monoisotopic (exact) mass is 540 g/mol. The summed E-state index contributed by atoms with van der Waals surface area (Å²) in [5.41, 5.74) is 0.872. The van der Waals surface area contributed by atoms with Crippen LogP contribution in [0, 0.1) is 0 Å². The summed E-state index contributed by atoms with van der Waals surface area (Å²) in [5, 5.41) is 11.5. The molecule has 1 fully saturated rings. The highest BCUT2D eigenvalue weighted by Gasteiger charge is 2.46. The summed E-state index contributed by atoms with van der Waals surface area (Å²) in [6, 6.07) is 7.47. The topological polar surface area (TPSA) is 107 Å². The van der Waals surface area contributed by atoms with Gasteiger partial charge < -0.3 is 38.6 Å². The van der Waals surface area contributed by atoms with Crippen molar-refractivity contribution in [3.05, 3.63) is 47.0 Å². The molecule has 1 N–H and O–H groups in total. The van der Waals surface area contributed by atoms with Crippen LogP contribution in [0.15, 0.2) is 35.9 Å². The van der Waals surface area contributed by atoms with Crippen LogP contribution in [0.5, 0.6) is 28.7 Å². The Labute approximate surface area is 228 Å². The van der Waals surface area contributed by atoms with E-state index < -0.39 is 17.7 Å². The standard InChI is InChI=1S/C29H36N2O8/c1-6-30(7-2)11-8-12-31-25(19-16-22(35-3)28(37-5)23(17-19)36-4)24(27(33)29(31)34)26(32)18-9-10-20-21(15-18)39-14-13-38-20/h9-10,15-17,25,32H,6-8,11-14H2,1-5H3/b26-24+/t25-/m0/s1. The Morgan fingerprint density at radius 1 is 0.974 bits per heavy atom. The number of aliphatic hydroxyl groups excluding tert-OH is 1. The van der Waals surface area contributed by atoms with Gasteiger partial charge in [0.05, 0.1) is 32.9 Å². The highest BCUT2D eigenvalue weighted by molar-refractivity contribution is 6.46. The van der Waals surface area contributed by atoms with Crippen LogP contribution < -0.4 is 23.7 Å². The van der Waals surface area contributed by atoms with Crippen LogP contribution >= 0.6 is 0 Å². The highest BCUT2D eigenvalue weighted by Crippen LogP contribution is 2.46. The molecule has 0 saturated carbocycles. The number of methoxy groups -OCH3 is 3. The molecular weight excluding hydrogens is 504 g/mol.